The standard InChI is InChI=1S/C10H14FNS2/c1-3-13-9-5-8(6-11)7-12-10(9)14-4-2/h5,7H,3-4,6H2,1-2H3. The first-order valence-electron chi connectivity index (χ1n) is 4.62. The molecule has 1 rings (SSSR count). The third-order valence-corrected chi connectivity index (χ3v) is 3.54. The van der Waals surface area contributed by atoms with Crippen molar-refractivity contribution in [3.8, 4) is 0 Å². The van der Waals surface area contributed by atoms with Crippen LogP contribution in [-0.4, -0.2) is 16.5 Å². The molecule has 1 heterocycles. The van der Waals surface area contributed by atoms with E-state index in [1.54, 1.807) is 29.7 Å². The minimum atomic E-state index is -0.429. The van der Waals surface area contributed by atoms with Gasteiger partial charge in [0.2, 0.25) is 0 Å². The Hall–Kier alpha value is -0.220. The molecule has 4 heteroatoms. The molecule has 0 aliphatic rings. The quantitative estimate of drug-likeness (QED) is 0.716. The highest BCUT2D eigenvalue weighted by atomic mass is 32.2. The number of pyridine rings is 1. The summed E-state index contributed by atoms with van der Waals surface area (Å²) in [5.74, 6) is 1.99. The topological polar surface area (TPSA) is 12.9 Å². The summed E-state index contributed by atoms with van der Waals surface area (Å²) >= 11 is 3.43. The molecule has 78 valence electrons. The Bertz CT molecular complexity index is 291. The van der Waals surface area contributed by atoms with Crippen LogP contribution in [0.4, 0.5) is 4.39 Å². The molecular weight excluding hydrogens is 217 g/mol. The summed E-state index contributed by atoms with van der Waals surface area (Å²) in [4.78, 5) is 5.37. The van der Waals surface area contributed by atoms with E-state index in [9.17, 15) is 4.39 Å². The van der Waals surface area contributed by atoms with Crippen LogP contribution >= 0.6 is 23.5 Å². The van der Waals surface area contributed by atoms with Crippen LogP contribution in [0, 0.1) is 0 Å². The van der Waals surface area contributed by atoms with Gasteiger partial charge in [-0.15, -0.1) is 23.5 Å². The van der Waals surface area contributed by atoms with Crippen molar-refractivity contribution in [1.29, 1.82) is 0 Å². The molecule has 0 amide bonds. The summed E-state index contributed by atoms with van der Waals surface area (Å²) in [5.41, 5.74) is 0.668. The van der Waals surface area contributed by atoms with Crippen LogP contribution in [0.3, 0.4) is 0 Å². The van der Waals surface area contributed by atoms with E-state index in [-0.39, 0.29) is 0 Å². The molecule has 0 spiro atoms. The fourth-order valence-corrected chi connectivity index (χ4v) is 2.73. The normalized spacial score (nSPS) is 10.5. The van der Waals surface area contributed by atoms with E-state index in [0.717, 1.165) is 21.4 Å². The molecule has 0 aliphatic carbocycles. The van der Waals surface area contributed by atoms with Crippen molar-refractivity contribution in [3.63, 3.8) is 0 Å². The van der Waals surface area contributed by atoms with Crippen molar-refractivity contribution in [1.82, 2.24) is 4.98 Å². The van der Waals surface area contributed by atoms with Gasteiger partial charge >= 0.3 is 0 Å². The first-order chi connectivity index (χ1) is 6.81. The van der Waals surface area contributed by atoms with E-state index >= 15 is 0 Å². The summed E-state index contributed by atoms with van der Waals surface area (Å²) in [7, 11) is 0. The van der Waals surface area contributed by atoms with Gasteiger partial charge in [0.25, 0.3) is 0 Å². The molecule has 0 unspecified atom stereocenters. The third-order valence-electron chi connectivity index (χ3n) is 1.61. The maximum atomic E-state index is 12.4. The largest absolute Gasteiger partial charge is 0.248 e. The highest BCUT2D eigenvalue weighted by Gasteiger charge is 2.05. The number of alkyl halides is 1. The van der Waals surface area contributed by atoms with Gasteiger partial charge in [-0.3, -0.25) is 0 Å². The molecule has 0 saturated heterocycles. The fraction of sp³-hybridized carbons (Fsp3) is 0.500. The highest BCUT2D eigenvalue weighted by molar-refractivity contribution is 8.02. The molecule has 0 bridgehead atoms. The average Bonchev–Trinajstić information content (AvgIpc) is 2.21. The number of hydrogen-bond acceptors (Lipinski definition) is 3. The molecule has 0 fully saturated rings. The van der Waals surface area contributed by atoms with Gasteiger partial charge in [-0.1, -0.05) is 13.8 Å². The van der Waals surface area contributed by atoms with Crippen molar-refractivity contribution in [3.05, 3.63) is 17.8 Å². The molecular formula is C10H14FNS2. The van der Waals surface area contributed by atoms with Crippen LogP contribution in [0.2, 0.25) is 0 Å². The minimum Gasteiger partial charge on any atom is -0.248 e. The Morgan fingerprint density at radius 2 is 2.00 bits per heavy atom. The van der Waals surface area contributed by atoms with Gasteiger partial charge in [0.1, 0.15) is 11.7 Å². The van der Waals surface area contributed by atoms with Gasteiger partial charge in [0.15, 0.2) is 0 Å². The first-order valence-corrected chi connectivity index (χ1v) is 6.59. The van der Waals surface area contributed by atoms with Gasteiger partial charge in [-0.05, 0) is 17.6 Å². The molecule has 14 heavy (non-hydrogen) atoms. The van der Waals surface area contributed by atoms with Crippen LogP contribution in [-0.2, 0) is 6.67 Å². The van der Waals surface area contributed by atoms with Crippen molar-refractivity contribution in [2.24, 2.45) is 0 Å². The predicted octanol–water partition coefficient (Wildman–Crippen LogP) is 3.78. The molecule has 0 aliphatic heterocycles. The van der Waals surface area contributed by atoms with Gasteiger partial charge in [0, 0.05) is 16.7 Å². The first kappa shape index (κ1) is 11.9. The second-order valence-corrected chi connectivity index (χ2v) is 5.21. The maximum absolute atomic E-state index is 12.4. The van der Waals surface area contributed by atoms with Gasteiger partial charge < -0.3 is 0 Å². The minimum absolute atomic E-state index is 0.429. The Balaban J connectivity index is 2.91. The number of rotatable bonds is 5. The van der Waals surface area contributed by atoms with Gasteiger partial charge in [0.05, 0.1) is 0 Å². The Morgan fingerprint density at radius 3 is 2.57 bits per heavy atom. The lowest BCUT2D eigenvalue weighted by Gasteiger charge is -2.06. The number of nitrogens with zero attached hydrogens (tertiary/aromatic N) is 1. The smallest absolute Gasteiger partial charge is 0.116 e. The molecule has 0 radical (unpaired) electrons. The molecule has 1 aromatic rings. The lowest BCUT2D eigenvalue weighted by atomic mass is 10.3. The van der Waals surface area contributed by atoms with E-state index in [1.807, 2.05) is 6.07 Å². The van der Waals surface area contributed by atoms with Crippen LogP contribution in [0.25, 0.3) is 0 Å². The number of hydrogen-bond donors (Lipinski definition) is 0. The second kappa shape index (κ2) is 6.30. The van der Waals surface area contributed by atoms with Crippen molar-refractivity contribution in [2.45, 2.75) is 30.4 Å². The Kier molecular flexibility index (Phi) is 5.33. The van der Waals surface area contributed by atoms with Crippen molar-refractivity contribution in [2.75, 3.05) is 11.5 Å². The van der Waals surface area contributed by atoms with Crippen LogP contribution in [0.5, 0.6) is 0 Å². The Morgan fingerprint density at radius 1 is 1.29 bits per heavy atom. The monoisotopic (exact) mass is 231 g/mol. The zero-order valence-corrected chi connectivity index (χ0v) is 10.1. The maximum Gasteiger partial charge on any atom is 0.116 e. The summed E-state index contributed by atoms with van der Waals surface area (Å²) < 4.78 is 12.4. The summed E-state index contributed by atoms with van der Waals surface area (Å²) in [5, 5.41) is 1.02. The third kappa shape index (κ3) is 3.17. The summed E-state index contributed by atoms with van der Waals surface area (Å²) in [6, 6.07) is 1.90. The number of halogens is 1. The Labute approximate surface area is 92.9 Å². The second-order valence-electron chi connectivity index (χ2n) is 2.65. The molecule has 1 nitrogen and oxygen atoms in total. The number of thioether (sulfide) groups is 2. The fourth-order valence-electron chi connectivity index (χ4n) is 1.05. The predicted molar refractivity (Wildman–Crippen MR) is 61.8 cm³/mol. The zero-order valence-electron chi connectivity index (χ0n) is 8.42. The van der Waals surface area contributed by atoms with Crippen molar-refractivity contribution >= 4 is 23.5 Å². The van der Waals surface area contributed by atoms with Gasteiger partial charge in [-0.2, -0.15) is 0 Å². The lowest BCUT2D eigenvalue weighted by molar-refractivity contribution is 0.482. The van der Waals surface area contributed by atoms with E-state index in [2.05, 4.69) is 18.8 Å². The SMILES string of the molecule is CCSc1cc(CF)cnc1SCC. The van der Waals surface area contributed by atoms with E-state index in [1.165, 1.54) is 0 Å². The summed E-state index contributed by atoms with van der Waals surface area (Å²) in [6.45, 7) is 3.75. The van der Waals surface area contributed by atoms with Crippen LogP contribution in [0.15, 0.2) is 22.2 Å². The molecule has 0 atom stereocenters. The van der Waals surface area contributed by atoms with Crippen molar-refractivity contribution < 1.29 is 4.39 Å². The van der Waals surface area contributed by atoms with Gasteiger partial charge in [-0.25, -0.2) is 9.37 Å². The van der Waals surface area contributed by atoms with E-state index < -0.39 is 6.67 Å². The lowest BCUT2D eigenvalue weighted by Crippen LogP contribution is -1.89. The highest BCUT2D eigenvalue weighted by Crippen LogP contribution is 2.29. The average molecular weight is 231 g/mol. The van der Waals surface area contributed by atoms with E-state index in [0.29, 0.717) is 5.56 Å². The van der Waals surface area contributed by atoms with Crippen LogP contribution < -0.4 is 0 Å². The molecule has 1 aromatic heterocycles. The molecule has 0 saturated carbocycles. The zero-order chi connectivity index (χ0) is 10.4. The molecule has 0 N–H and O–H groups in total. The van der Waals surface area contributed by atoms with Crippen LogP contribution in [0.1, 0.15) is 19.4 Å². The summed E-state index contributed by atoms with van der Waals surface area (Å²) in [6.07, 6.45) is 1.62. The molecule has 0 aromatic carbocycles. The number of aromatic nitrogens is 1. The van der Waals surface area contributed by atoms with E-state index in [4.69, 9.17) is 0 Å².